The lowest BCUT2D eigenvalue weighted by molar-refractivity contribution is -0.115. The van der Waals surface area contributed by atoms with Crippen molar-refractivity contribution in [1.29, 1.82) is 0 Å². The molecule has 1 N–H and O–H groups in total. The second kappa shape index (κ2) is 9.11. The molecule has 2 aromatic rings. The van der Waals surface area contributed by atoms with E-state index >= 15 is 0 Å². The Balaban J connectivity index is 1.80. The molecule has 144 valence electrons. The molecule has 0 fully saturated rings. The molecule has 1 aliphatic carbocycles. The Morgan fingerprint density at radius 2 is 1.89 bits per heavy atom. The molecule has 0 saturated carbocycles. The van der Waals surface area contributed by atoms with Gasteiger partial charge in [0.1, 0.15) is 5.76 Å². The number of carbonyl (C=O) groups excluding carboxylic acids is 1. The number of thiophene rings is 1. The number of aliphatic hydroxyl groups is 1. The van der Waals surface area contributed by atoms with E-state index in [9.17, 15) is 9.90 Å². The molecule has 1 aliphatic rings. The fourth-order valence-corrected chi connectivity index (χ4v) is 5.92. The second-order valence-electron chi connectivity index (χ2n) is 7.25. The topological polar surface area (TPSA) is 37.3 Å². The largest absolute Gasteiger partial charge is 0.512 e. The average Bonchev–Trinajstić information content (AvgIpc) is 3.15. The Kier molecular flexibility index (Phi) is 6.83. The van der Waals surface area contributed by atoms with Gasteiger partial charge in [-0.2, -0.15) is 0 Å². The summed E-state index contributed by atoms with van der Waals surface area (Å²) in [5, 5.41) is 12.9. The van der Waals surface area contributed by atoms with Gasteiger partial charge < -0.3 is 5.11 Å². The van der Waals surface area contributed by atoms with Gasteiger partial charge in [0.25, 0.3) is 0 Å². The SMILES string of the molecule is CCc1cc(C)cc(CC)c1C1=C(O)CC(CCSc2cccs2)CC1=O. The predicted molar refractivity (Wildman–Crippen MR) is 117 cm³/mol. The summed E-state index contributed by atoms with van der Waals surface area (Å²) >= 11 is 3.60. The van der Waals surface area contributed by atoms with Crippen LogP contribution in [0.4, 0.5) is 0 Å². The van der Waals surface area contributed by atoms with Crippen LogP contribution in [0.1, 0.15) is 55.4 Å². The van der Waals surface area contributed by atoms with E-state index in [0.717, 1.165) is 30.6 Å². The lowest BCUT2D eigenvalue weighted by Gasteiger charge is -2.26. The Hall–Kier alpha value is -1.52. The van der Waals surface area contributed by atoms with Crippen LogP contribution >= 0.6 is 23.1 Å². The quantitative estimate of drug-likeness (QED) is 0.531. The molecule has 1 heterocycles. The van der Waals surface area contributed by atoms with E-state index in [1.165, 1.54) is 20.9 Å². The number of carbonyl (C=O) groups is 1. The Labute approximate surface area is 170 Å². The first kappa shape index (κ1) is 20.2. The number of aryl methyl sites for hydroxylation is 3. The third-order valence-electron chi connectivity index (χ3n) is 5.25. The fourth-order valence-electron chi connectivity index (χ4n) is 3.95. The first-order valence-electron chi connectivity index (χ1n) is 9.77. The van der Waals surface area contributed by atoms with Gasteiger partial charge in [-0.15, -0.1) is 23.1 Å². The van der Waals surface area contributed by atoms with Gasteiger partial charge in [-0.1, -0.05) is 37.6 Å². The minimum Gasteiger partial charge on any atom is -0.512 e. The third-order valence-corrected chi connectivity index (χ3v) is 7.41. The van der Waals surface area contributed by atoms with Crippen LogP contribution in [0.15, 0.2) is 39.6 Å². The molecule has 4 heteroatoms. The standard InChI is InChI=1S/C23H28O2S2/c1-4-17-11-15(3)12-18(5-2)22(17)23-19(24)13-16(14-20(23)25)8-10-27-21-7-6-9-26-21/h6-7,9,11-12,16,24H,4-5,8,10,13-14H2,1-3H3. The summed E-state index contributed by atoms with van der Waals surface area (Å²) in [6.45, 7) is 6.33. The highest BCUT2D eigenvalue weighted by Crippen LogP contribution is 2.38. The van der Waals surface area contributed by atoms with Crippen molar-refractivity contribution < 1.29 is 9.90 Å². The second-order valence-corrected chi connectivity index (χ2v) is 9.60. The molecular weight excluding hydrogens is 372 g/mol. The summed E-state index contributed by atoms with van der Waals surface area (Å²) in [4.78, 5) is 13.0. The van der Waals surface area contributed by atoms with Gasteiger partial charge in [-0.05, 0) is 66.0 Å². The van der Waals surface area contributed by atoms with E-state index in [2.05, 4.69) is 50.4 Å². The zero-order valence-electron chi connectivity index (χ0n) is 16.4. The summed E-state index contributed by atoms with van der Waals surface area (Å²) < 4.78 is 1.32. The third kappa shape index (κ3) is 4.67. The van der Waals surface area contributed by atoms with Crippen LogP contribution in [0.5, 0.6) is 0 Å². The molecule has 0 radical (unpaired) electrons. The molecule has 27 heavy (non-hydrogen) atoms. The van der Waals surface area contributed by atoms with E-state index in [-0.39, 0.29) is 11.7 Å². The minimum absolute atomic E-state index is 0.109. The van der Waals surface area contributed by atoms with Crippen LogP contribution in [-0.2, 0) is 17.6 Å². The Morgan fingerprint density at radius 3 is 2.44 bits per heavy atom. The first-order valence-corrected chi connectivity index (χ1v) is 11.6. The Bertz CT molecular complexity index is 809. The number of Topliss-reactive ketones (excluding diaryl/α,β-unsaturated/α-hetero) is 1. The summed E-state index contributed by atoms with van der Waals surface area (Å²) in [7, 11) is 0. The minimum atomic E-state index is 0.109. The van der Waals surface area contributed by atoms with E-state index < -0.39 is 0 Å². The molecule has 1 aromatic carbocycles. The molecular formula is C23H28O2S2. The van der Waals surface area contributed by atoms with Crippen LogP contribution in [0.3, 0.4) is 0 Å². The van der Waals surface area contributed by atoms with Crippen LogP contribution in [0.2, 0.25) is 0 Å². The van der Waals surface area contributed by atoms with E-state index in [0.29, 0.717) is 24.2 Å². The molecule has 1 atom stereocenters. The van der Waals surface area contributed by atoms with Crippen molar-refractivity contribution in [2.75, 3.05) is 5.75 Å². The summed E-state index contributed by atoms with van der Waals surface area (Å²) in [6, 6.07) is 8.51. The van der Waals surface area contributed by atoms with E-state index in [1.807, 2.05) is 11.8 Å². The van der Waals surface area contributed by atoms with Gasteiger partial charge >= 0.3 is 0 Å². The van der Waals surface area contributed by atoms with Gasteiger partial charge in [0.15, 0.2) is 5.78 Å². The lowest BCUT2D eigenvalue weighted by atomic mass is 9.79. The number of hydrogen-bond acceptors (Lipinski definition) is 4. The molecule has 0 spiro atoms. The first-order chi connectivity index (χ1) is 13.0. The normalized spacial score (nSPS) is 17.6. The number of benzene rings is 1. The maximum absolute atomic E-state index is 13.0. The summed E-state index contributed by atoms with van der Waals surface area (Å²) in [5.41, 5.74) is 5.16. The highest BCUT2D eigenvalue weighted by molar-refractivity contribution is 8.01. The van der Waals surface area contributed by atoms with E-state index in [4.69, 9.17) is 0 Å². The van der Waals surface area contributed by atoms with E-state index in [1.54, 1.807) is 11.3 Å². The zero-order valence-corrected chi connectivity index (χ0v) is 18.0. The average molecular weight is 401 g/mol. The van der Waals surface area contributed by atoms with Gasteiger partial charge in [0.05, 0.1) is 9.78 Å². The molecule has 0 saturated heterocycles. The molecule has 0 bridgehead atoms. The summed E-state index contributed by atoms with van der Waals surface area (Å²) in [5.74, 6) is 1.64. The summed E-state index contributed by atoms with van der Waals surface area (Å²) in [6.07, 6.45) is 3.86. The number of hydrogen-bond donors (Lipinski definition) is 1. The van der Waals surface area contributed by atoms with Gasteiger partial charge in [0, 0.05) is 12.8 Å². The number of allylic oxidation sites excluding steroid dienone is 2. The zero-order chi connectivity index (χ0) is 19.4. The molecule has 1 aromatic heterocycles. The molecule has 2 nitrogen and oxygen atoms in total. The number of rotatable bonds is 7. The van der Waals surface area contributed by atoms with Crippen LogP contribution in [0, 0.1) is 12.8 Å². The number of aliphatic hydroxyl groups excluding tert-OH is 1. The van der Waals surface area contributed by atoms with Crippen molar-refractivity contribution in [3.8, 4) is 0 Å². The van der Waals surface area contributed by atoms with Gasteiger partial charge in [-0.25, -0.2) is 0 Å². The molecule has 0 aliphatic heterocycles. The number of thioether (sulfide) groups is 1. The smallest absolute Gasteiger partial charge is 0.167 e. The van der Waals surface area contributed by atoms with Gasteiger partial charge in [0.2, 0.25) is 0 Å². The number of ketones is 1. The molecule has 1 unspecified atom stereocenters. The van der Waals surface area contributed by atoms with Crippen LogP contribution in [0.25, 0.3) is 5.57 Å². The van der Waals surface area contributed by atoms with Crippen molar-refractivity contribution in [1.82, 2.24) is 0 Å². The molecule has 0 amide bonds. The lowest BCUT2D eigenvalue weighted by Crippen LogP contribution is -2.21. The predicted octanol–water partition coefficient (Wildman–Crippen LogP) is 6.61. The maximum atomic E-state index is 13.0. The van der Waals surface area contributed by atoms with Crippen molar-refractivity contribution in [3.63, 3.8) is 0 Å². The fraction of sp³-hybridized carbons (Fsp3) is 0.435. The molecule has 3 rings (SSSR count). The Morgan fingerprint density at radius 1 is 1.19 bits per heavy atom. The van der Waals surface area contributed by atoms with Crippen molar-refractivity contribution in [3.05, 3.63) is 57.7 Å². The highest BCUT2D eigenvalue weighted by Gasteiger charge is 2.30. The van der Waals surface area contributed by atoms with Crippen molar-refractivity contribution in [2.45, 2.75) is 57.1 Å². The van der Waals surface area contributed by atoms with Crippen molar-refractivity contribution >= 4 is 34.5 Å². The monoisotopic (exact) mass is 400 g/mol. The van der Waals surface area contributed by atoms with Crippen molar-refractivity contribution in [2.24, 2.45) is 5.92 Å². The maximum Gasteiger partial charge on any atom is 0.167 e. The van der Waals surface area contributed by atoms with Crippen LogP contribution < -0.4 is 0 Å². The highest BCUT2D eigenvalue weighted by atomic mass is 32.2. The van der Waals surface area contributed by atoms with Crippen LogP contribution in [-0.4, -0.2) is 16.6 Å². The van der Waals surface area contributed by atoms with Gasteiger partial charge in [-0.3, -0.25) is 4.79 Å².